The molecule has 138 valence electrons. The molecule has 4 rings (SSSR count). The summed E-state index contributed by atoms with van der Waals surface area (Å²) in [5, 5.41) is 10.9. The number of aromatic amines is 1. The van der Waals surface area contributed by atoms with E-state index in [0.717, 1.165) is 10.9 Å². The minimum Gasteiger partial charge on any atom is -0.361 e. The van der Waals surface area contributed by atoms with Crippen molar-refractivity contribution < 1.29 is 17.8 Å². The Kier molecular flexibility index (Phi) is 4.34. The summed E-state index contributed by atoms with van der Waals surface area (Å²) in [4.78, 5) is 15.2. The van der Waals surface area contributed by atoms with Crippen molar-refractivity contribution in [2.45, 2.75) is 4.90 Å². The predicted octanol–water partition coefficient (Wildman–Crippen LogP) is 1.41. The molecule has 0 saturated carbocycles. The molecule has 0 aliphatic heterocycles. The van der Waals surface area contributed by atoms with Crippen LogP contribution in [-0.2, 0) is 10.0 Å². The molecule has 0 saturated heterocycles. The predicted molar refractivity (Wildman–Crippen MR) is 97.6 cm³/mol. The third kappa shape index (κ3) is 3.39. The summed E-state index contributed by atoms with van der Waals surface area (Å²) in [5.41, 5.74) is 1.96. The number of fused-ring (bicyclic) bond motifs is 2. The zero-order chi connectivity index (χ0) is 18.9. The zero-order valence-electron chi connectivity index (χ0n) is 14.0. The molecule has 0 aliphatic carbocycles. The molecule has 0 atom stereocenters. The summed E-state index contributed by atoms with van der Waals surface area (Å²) < 4.78 is 31.9. The van der Waals surface area contributed by atoms with Gasteiger partial charge in [0.25, 0.3) is 5.91 Å². The zero-order valence-corrected chi connectivity index (χ0v) is 14.8. The molecule has 27 heavy (non-hydrogen) atoms. The molecule has 2 heterocycles. The Balaban J connectivity index is 1.37. The second-order valence-electron chi connectivity index (χ2n) is 5.82. The molecule has 0 aliphatic rings. The molecule has 10 heteroatoms. The number of amides is 1. The topological polar surface area (TPSA) is 130 Å². The molecule has 9 nitrogen and oxygen atoms in total. The van der Waals surface area contributed by atoms with Crippen molar-refractivity contribution in [3.63, 3.8) is 0 Å². The van der Waals surface area contributed by atoms with E-state index >= 15 is 0 Å². The molecule has 0 unspecified atom stereocenters. The van der Waals surface area contributed by atoms with E-state index in [1.54, 1.807) is 30.5 Å². The van der Waals surface area contributed by atoms with E-state index in [9.17, 15) is 13.2 Å². The van der Waals surface area contributed by atoms with Crippen molar-refractivity contribution in [3.8, 4) is 0 Å². The highest BCUT2D eigenvalue weighted by Gasteiger charge is 2.19. The Labute approximate surface area is 153 Å². The molecule has 0 bridgehead atoms. The van der Waals surface area contributed by atoms with E-state index in [-0.39, 0.29) is 29.4 Å². The van der Waals surface area contributed by atoms with Crippen molar-refractivity contribution in [2.75, 3.05) is 13.1 Å². The van der Waals surface area contributed by atoms with Crippen LogP contribution in [0.2, 0.25) is 0 Å². The largest absolute Gasteiger partial charge is 0.361 e. The number of H-pyrrole nitrogens is 1. The molecule has 1 amide bonds. The molecule has 0 radical (unpaired) electrons. The van der Waals surface area contributed by atoms with Crippen molar-refractivity contribution in [1.82, 2.24) is 25.3 Å². The van der Waals surface area contributed by atoms with Crippen molar-refractivity contribution >= 4 is 37.9 Å². The van der Waals surface area contributed by atoms with Crippen LogP contribution in [0, 0.1) is 0 Å². The van der Waals surface area contributed by atoms with Crippen LogP contribution in [0.4, 0.5) is 0 Å². The number of nitrogens with zero attached hydrogens (tertiary/aromatic N) is 2. The van der Waals surface area contributed by atoms with E-state index in [1.807, 2.05) is 12.1 Å². The summed E-state index contributed by atoms with van der Waals surface area (Å²) in [7, 11) is -3.81. The van der Waals surface area contributed by atoms with Gasteiger partial charge in [0.2, 0.25) is 10.0 Å². The van der Waals surface area contributed by atoms with Crippen molar-refractivity contribution in [1.29, 1.82) is 0 Å². The summed E-state index contributed by atoms with van der Waals surface area (Å²) >= 11 is 0. The molecular weight excluding hydrogens is 370 g/mol. The third-order valence-corrected chi connectivity index (χ3v) is 5.55. The number of sulfonamides is 1. The van der Waals surface area contributed by atoms with Crippen molar-refractivity contribution in [3.05, 3.63) is 54.2 Å². The Hall–Kier alpha value is -3.24. The lowest BCUT2D eigenvalue weighted by atomic mass is 10.1. The maximum Gasteiger partial charge on any atom is 0.251 e. The monoisotopic (exact) mass is 385 g/mol. The van der Waals surface area contributed by atoms with Crippen LogP contribution < -0.4 is 10.0 Å². The summed E-state index contributed by atoms with van der Waals surface area (Å²) in [6.45, 7) is 0.165. The van der Waals surface area contributed by atoms with Crippen LogP contribution in [-0.4, -0.2) is 42.7 Å². The fourth-order valence-corrected chi connectivity index (χ4v) is 3.91. The standard InChI is InChI=1S/C17H15N5O4S/c23-17(12-4-5-13-11(10-12)6-7-18-13)19-8-9-20-27(24,25)15-3-1-2-14-16(15)22-26-21-14/h1-7,10,18,20H,8-9H2,(H,19,23). The van der Waals surface area contributed by atoms with Gasteiger partial charge in [-0.05, 0) is 46.7 Å². The fourth-order valence-electron chi connectivity index (χ4n) is 2.73. The van der Waals surface area contributed by atoms with Gasteiger partial charge in [0.05, 0.1) is 0 Å². The number of benzene rings is 2. The second kappa shape index (κ2) is 6.82. The fraction of sp³-hybridized carbons (Fsp3) is 0.118. The van der Waals surface area contributed by atoms with Gasteiger partial charge in [-0.1, -0.05) is 6.07 Å². The van der Waals surface area contributed by atoms with Gasteiger partial charge >= 0.3 is 0 Å². The summed E-state index contributed by atoms with van der Waals surface area (Å²) in [6, 6.07) is 11.7. The molecule has 0 fully saturated rings. The minimum absolute atomic E-state index is 0.0227. The maximum absolute atomic E-state index is 12.4. The van der Waals surface area contributed by atoms with Gasteiger partial charge in [-0.3, -0.25) is 4.79 Å². The summed E-state index contributed by atoms with van der Waals surface area (Å²) in [5.74, 6) is -0.278. The van der Waals surface area contributed by atoms with E-state index in [4.69, 9.17) is 0 Å². The Morgan fingerprint density at radius 3 is 2.89 bits per heavy atom. The molecule has 3 N–H and O–H groups in total. The number of aromatic nitrogens is 3. The van der Waals surface area contributed by atoms with Gasteiger partial charge in [-0.25, -0.2) is 17.8 Å². The SMILES string of the molecule is O=C(NCCNS(=O)(=O)c1cccc2nonc12)c1ccc2[nH]ccc2c1. The lowest BCUT2D eigenvalue weighted by molar-refractivity contribution is 0.0954. The van der Waals surface area contributed by atoms with Crippen LogP contribution >= 0.6 is 0 Å². The van der Waals surface area contributed by atoms with Crippen LogP contribution in [0.1, 0.15) is 10.4 Å². The molecule has 4 aromatic rings. The van der Waals surface area contributed by atoms with E-state index in [1.165, 1.54) is 6.07 Å². The van der Waals surface area contributed by atoms with Crippen LogP contribution in [0.3, 0.4) is 0 Å². The Morgan fingerprint density at radius 1 is 1.11 bits per heavy atom. The smallest absolute Gasteiger partial charge is 0.251 e. The average molecular weight is 385 g/mol. The quantitative estimate of drug-likeness (QED) is 0.430. The van der Waals surface area contributed by atoms with E-state index in [0.29, 0.717) is 11.1 Å². The van der Waals surface area contributed by atoms with E-state index in [2.05, 4.69) is 30.0 Å². The van der Waals surface area contributed by atoms with E-state index < -0.39 is 10.0 Å². The molecular formula is C17H15N5O4S. The second-order valence-corrected chi connectivity index (χ2v) is 7.56. The maximum atomic E-state index is 12.4. The van der Waals surface area contributed by atoms with Crippen LogP contribution in [0.5, 0.6) is 0 Å². The number of hydrogen-bond acceptors (Lipinski definition) is 6. The van der Waals surface area contributed by atoms with Gasteiger partial charge < -0.3 is 10.3 Å². The van der Waals surface area contributed by atoms with Crippen molar-refractivity contribution in [2.24, 2.45) is 0 Å². The first-order chi connectivity index (χ1) is 13.0. The normalized spacial score (nSPS) is 11.9. The van der Waals surface area contributed by atoms with Gasteiger partial charge in [0.15, 0.2) is 5.52 Å². The highest BCUT2D eigenvalue weighted by atomic mass is 32.2. The lowest BCUT2D eigenvalue weighted by Crippen LogP contribution is -2.34. The van der Waals surface area contributed by atoms with Gasteiger partial charge in [0.1, 0.15) is 10.4 Å². The average Bonchev–Trinajstić information content (AvgIpc) is 3.32. The number of carbonyl (C=O) groups excluding carboxylic acids is 1. The first kappa shape index (κ1) is 17.2. The molecule has 0 spiro atoms. The number of rotatable bonds is 6. The van der Waals surface area contributed by atoms with Gasteiger partial charge in [-0.2, -0.15) is 0 Å². The Morgan fingerprint density at radius 2 is 2.00 bits per heavy atom. The third-order valence-electron chi connectivity index (χ3n) is 4.06. The van der Waals surface area contributed by atoms with Gasteiger partial charge in [0, 0.05) is 35.8 Å². The molecule has 2 aromatic carbocycles. The lowest BCUT2D eigenvalue weighted by Gasteiger charge is -2.08. The van der Waals surface area contributed by atoms with Crippen LogP contribution in [0.15, 0.2) is 58.2 Å². The Bertz CT molecular complexity index is 1230. The first-order valence-electron chi connectivity index (χ1n) is 8.11. The molecule has 2 aromatic heterocycles. The highest BCUT2D eigenvalue weighted by Crippen LogP contribution is 2.19. The number of nitrogens with one attached hydrogen (secondary N) is 3. The number of hydrogen-bond donors (Lipinski definition) is 3. The first-order valence-corrected chi connectivity index (χ1v) is 9.59. The number of carbonyl (C=O) groups is 1. The minimum atomic E-state index is -3.81. The highest BCUT2D eigenvalue weighted by molar-refractivity contribution is 7.89. The van der Waals surface area contributed by atoms with Gasteiger partial charge in [-0.15, -0.1) is 0 Å². The van der Waals surface area contributed by atoms with Crippen LogP contribution in [0.25, 0.3) is 21.9 Å². The summed E-state index contributed by atoms with van der Waals surface area (Å²) in [6.07, 6.45) is 1.80.